The molecule has 5 nitrogen and oxygen atoms in total. The Kier molecular flexibility index (Phi) is 3.26. The standard InChI is InChI=1S/C14H9FN2O3S/c15-11-7-9(1-2-12(11)17(19)20)8-16-5-3-13-10(14(16)18)4-6-21-13/h1-7H,8H2. The highest BCUT2D eigenvalue weighted by Gasteiger charge is 2.14. The molecule has 0 saturated carbocycles. The molecule has 0 aliphatic heterocycles. The number of thiophene rings is 1. The van der Waals surface area contributed by atoms with Gasteiger partial charge in [0.2, 0.25) is 5.82 Å². The van der Waals surface area contributed by atoms with E-state index in [4.69, 9.17) is 0 Å². The Balaban J connectivity index is 1.99. The molecule has 0 unspecified atom stereocenters. The van der Waals surface area contributed by atoms with E-state index >= 15 is 0 Å². The Morgan fingerprint density at radius 3 is 2.81 bits per heavy atom. The van der Waals surface area contributed by atoms with Gasteiger partial charge in [-0.3, -0.25) is 14.9 Å². The smallest absolute Gasteiger partial charge is 0.304 e. The van der Waals surface area contributed by atoms with Gasteiger partial charge in [0, 0.05) is 17.0 Å². The summed E-state index contributed by atoms with van der Waals surface area (Å²) in [6.07, 6.45) is 1.64. The maximum atomic E-state index is 13.6. The first-order chi connectivity index (χ1) is 10.1. The highest BCUT2D eigenvalue weighted by atomic mass is 32.1. The number of aromatic nitrogens is 1. The Hall–Kier alpha value is -2.54. The van der Waals surface area contributed by atoms with E-state index in [9.17, 15) is 19.3 Å². The molecule has 0 fully saturated rings. The predicted octanol–water partition coefficient (Wildman–Crippen LogP) is 3.16. The van der Waals surface area contributed by atoms with Crippen LogP contribution in [0.15, 0.2) is 46.7 Å². The lowest BCUT2D eigenvalue weighted by Crippen LogP contribution is -2.19. The van der Waals surface area contributed by atoms with Gasteiger partial charge in [-0.2, -0.15) is 4.39 Å². The first-order valence-electron chi connectivity index (χ1n) is 6.06. The lowest BCUT2D eigenvalue weighted by Gasteiger charge is -2.06. The van der Waals surface area contributed by atoms with Gasteiger partial charge in [-0.1, -0.05) is 6.07 Å². The van der Waals surface area contributed by atoms with Gasteiger partial charge in [-0.05, 0) is 29.1 Å². The van der Waals surface area contributed by atoms with Gasteiger partial charge in [-0.25, -0.2) is 0 Å². The van der Waals surface area contributed by atoms with Crippen molar-refractivity contribution in [2.24, 2.45) is 0 Å². The number of hydrogen-bond acceptors (Lipinski definition) is 4. The van der Waals surface area contributed by atoms with Gasteiger partial charge in [0.05, 0.1) is 16.9 Å². The van der Waals surface area contributed by atoms with Crippen molar-refractivity contribution in [3.63, 3.8) is 0 Å². The molecule has 0 atom stereocenters. The lowest BCUT2D eigenvalue weighted by atomic mass is 10.2. The quantitative estimate of drug-likeness (QED) is 0.551. The summed E-state index contributed by atoms with van der Waals surface area (Å²) in [4.78, 5) is 22.0. The molecular formula is C14H9FN2O3S. The van der Waals surface area contributed by atoms with Crippen LogP contribution in [-0.4, -0.2) is 9.49 Å². The van der Waals surface area contributed by atoms with Crippen molar-refractivity contribution in [3.8, 4) is 0 Å². The van der Waals surface area contributed by atoms with Crippen molar-refractivity contribution in [1.29, 1.82) is 0 Å². The van der Waals surface area contributed by atoms with E-state index in [0.29, 0.717) is 10.9 Å². The van der Waals surface area contributed by atoms with E-state index in [2.05, 4.69) is 0 Å². The third-order valence-corrected chi connectivity index (χ3v) is 4.04. The number of benzene rings is 1. The van der Waals surface area contributed by atoms with Crippen LogP contribution in [0.5, 0.6) is 0 Å². The molecule has 0 aliphatic rings. The van der Waals surface area contributed by atoms with Crippen LogP contribution in [0, 0.1) is 15.9 Å². The molecule has 1 aromatic carbocycles. The van der Waals surface area contributed by atoms with Crippen molar-refractivity contribution >= 4 is 27.1 Å². The summed E-state index contributed by atoms with van der Waals surface area (Å²) in [6, 6.07) is 7.21. The van der Waals surface area contributed by atoms with Crippen LogP contribution in [0.1, 0.15) is 5.56 Å². The average molecular weight is 304 g/mol. The summed E-state index contributed by atoms with van der Waals surface area (Å²) < 4.78 is 15.9. The molecule has 106 valence electrons. The Morgan fingerprint density at radius 2 is 2.10 bits per heavy atom. The van der Waals surface area contributed by atoms with Crippen molar-refractivity contribution in [3.05, 3.63) is 73.8 Å². The van der Waals surface area contributed by atoms with Crippen molar-refractivity contribution in [2.75, 3.05) is 0 Å². The number of nitro groups is 1. The fraction of sp³-hybridized carbons (Fsp3) is 0.0714. The second-order valence-corrected chi connectivity index (χ2v) is 5.44. The van der Waals surface area contributed by atoms with E-state index in [0.717, 1.165) is 16.8 Å². The highest BCUT2D eigenvalue weighted by molar-refractivity contribution is 7.17. The number of halogens is 1. The number of hydrogen-bond donors (Lipinski definition) is 0. The van der Waals surface area contributed by atoms with Crippen molar-refractivity contribution < 1.29 is 9.31 Å². The molecule has 0 saturated heterocycles. The summed E-state index contributed by atoms with van der Waals surface area (Å²) in [5.74, 6) is -0.901. The van der Waals surface area contributed by atoms with Crippen LogP contribution >= 0.6 is 11.3 Å². The number of rotatable bonds is 3. The zero-order valence-corrected chi connectivity index (χ0v) is 11.5. The Labute approximate surface area is 122 Å². The summed E-state index contributed by atoms with van der Waals surface area (Å²) in [5.41, 5.74) is -0.235. The van der Waals surface area contributed by atoms with E-state index in [1.54, 1.807) is 12.3 Å². The molecule has 0 amide bonds. The second kappa shape index (κ2) is 5.10. The van der Waals surface area contributed by atoms with Crippen LogP contribution in [0.25, 0.3) is 10.1 Å². The molecule has 3 aromatic rings. The number of nitro benzene ring substituents is 1. The molecule has 0 bridgehead atoms. The monoisotopic (exact) mass is 304 g/mol. The average Bonchev–Trinajstić information content (AvgIpc) is 2.91. The third-order valence-electron chi connectivity index (χ3n) is 3.15. The SMILES string of the molecule is O=c1c2ccsc2ccn1Cc1ccc([N+](=O)[O-])c(F)c1. The van der Waals surface area contributed by atoms with Gasteiger partial charge in [0.1, 0.15) is 0 Å². The lowest BCUT2D eigenvalue weighted by molar-refractivity contribution is -0.387. The van der Waals surface area contributed by atoms with Crippen LogP contribution in [0.4, 0.5) is 10.1 Å². The molecule has 2 aromatic heterocycles. The van der Waals surface area contributed by atoms with E-state index in [1.807, 2.05) is 11.4 Å². The van der Waals surface area contributed by atoms with Crippen molar-refractivity contribution in [1.82, 2.24) is 4.57 Å². The number of pyridine rings is 1. The molecule has 21 heavy (non-hydrogen) atoms. The fourth-order valence-electron chi connectivity index (χ4n) is 2.12. The maximum absolute atomic E-state index is 13.6. The molecule has 0 aliphatic carbocycles. The van der Waals surface area contributed by atoms with Crippen LogP contribution in [0.3, 0.4) is 0 Å². The number of nitrogens with zero attached hydrogens (tertiary/aromatic N) is 2. The van der Waals surface area contributed by atoms with Gasteiger partial charge in [-0.15, -0.1) is 11.3 Å². The minimum Gasteiger partial charge on any atom is -0.311 e. The summed E-state index contributed by atoms with van der Waals surface area (Å²) in [5, 5.41) is 13.0. The summed E-state index contributed by atoms with van der Waals surface area (Å²) >= 11 is 1.48. The molecule has 0 radical (unpaired) electrons. The van der Waals surface area contributed by atoms with E-state index in [1.165, 1.54) is 22.0 Å². The first-order valence-corrected chi connectivity index (χ1v) is 6.93. The Bertz CT molecular complexity index is 901. The second-order valence-electron chi connectivity index (χ2n) is 4.49. The normalized spacial score (nSPS) is 10.9. The predicted molar refractivity (Wildman–Crippen MR) is 78.2 cm³/mol. The molecule has 0 N–H and O–H groups in total. The minimum absolute atomic E-state index is 0.160. The van der Waals surface area contributed by atoms with E-state index < -0.39 is 16.4 Å². The zero-order chi connectivity index (χ0) is 15.0. The van der Waals surface area contributed by atoms with E-state index in [-0.39, 0.29) is 12.1 Å². The van der Waals surface area contributed by atoms with Gasteiger partial charge in [0.25, 0.3) is 5.56 Å². The molecule has 7 heteroatoms. The largest absolute Gasteiger partial charge is 0.311 e. The van der Waals surface area contributed by atoms with Crippen LogP contribution in [0.2, 0.25) is 0 Å². The highest BCUT2D eigenvalue weighted by Crippen LogP contribution is 2.19. The van der Waals surface area contributed by atoms with Crippen LogP contribution in [-0.2, 0) is 6.54 Å². The Morgan fingerprint density at radius 1 is 1.29 bits per heavy atom. The number of fused-ring (bicyclic) bond motifs is 1. The minimum atomic E-state index is -0.901. The van der Waals surface area contributed by atoms with Crippen molar-refractivity contribution in [2.45, 2.75) is 6.54 Å². The fourth-order valence-corrected chi connectivity index (χ4v) is 2.90. The van der Waals surface area contributed by atoms with Gasteiger partial charge in [0.15, 0.2) is 0 Å². The topological polar surface area (TPSA) is 65.1 Å². The zero-order valence-electron chi connectivity index (χ0n) is 10.7. The maximum Gasteiger partial charge on any atom is 0.304 e. The summed E-state index contributed by atoms with van der Waals surface area (Å²) in [7, 11) is 0. The van der Waals surface area contributed by atoms with Gasteiger partial charge >= 0.3 is 5.69 Å². The molecule has 0 spiro atoms. The first kappa shape index (κ1) is 13.4. The summed E-state index contributed by atoms with van der Waals surface area (Å²) in [6.45, 7) is 0.166. The van der Waals surface area contributed by atoms with Gasteiger partial charge < -0.3 is 4.57 Å². The van der Waals surface area contributed by atoms with Crippen LogP contribution < -0.4 is 5.56 Å². The molecular weight excluding hydrogens is 295 g/mol. The molecule has 3 rings (SSSR count). The third kappa shape index (κ3) is 2.43. The molecule has 2 heterocycles.